The number of carboxylic acid groups (broad SMARTS) is 1. The van der Waals surface area contributed by atoms with Crippen molar-refractivity contribution in [3.8, 4) is 0 Å². The number of aliphatic carboxylic acids is 1. The van der Waals surface area contributed by atoms with E-state index in [2.05, 4.69) is 5.32 Å². The first-order valence-corrected chi connectivity index (χ1v) is 8.64. The van der Waals surface area contributed by atoms with Crippen LogP contribution < -0.4 is 10.9 Å². The number of hydrogen-bond donors (Lipinski definition) is 2. The summed E-state index contributed by atoms with van der Waals surface area (Å²) in [5, 5.41) is 12.7. The van der Waals surface area contributed by atoms with Gasteiger partial charge in [-0.1, -0.05) is 0 Å². The van der Waals surface area contributed by atoms with Gasteiger partial charge in [-0.3, -0.25) is 9.59 Å². The van der Waals surface area contributed by atoms with E-state index in [9.17, 15) is 14.4 Å². The Hall–Kier alpha value is -3.09. The second-order valence-electron chi connectivity index (χ2n) is 6.70. The van der Waals surface area contributed by atoms with Gasteiger partial charge in [0.2, 0.25) is 5.91 Å². The van der Waals surface area contributed by atoms with Gasteiger partial charge in [-0.15, -0.1) is 0 Å². The standard InChI is InChI=1S/C20H21NO6/c1-9-12(4)26-18-11(3)19-15(7-14(9)18)10(2)13(20(25)27-19)5-6-16(22)21-8-17(23)24/h7H,5-6,8H2,1-4H3,(H,21,22)(H,23,24). The van der Waals surface area contributed by atoms with E-state index >= 15 is 0 Å². The minimum atomic E-state index is -1.12. The van der Waals surface area contributed by atoms with Crippen molar-refractivity contribution < 1.29 is 23.5 Å². The number of aryl methyl sites for hydroxylation is 4. The first-order valence-electron chi connectivity index (χ1n) is 8.64. The number of hydrogen-bond acceptors (Lipinski definition) is 5. The second kappa shape index (κ2) is 6.90. The van der Waals surface area contributed by atoms with Gasteiger partial charge in [0.1, 0.15) is 23.5 Å². The van der Waals surface area contributed by atoms with Gasteiger partial charge < -0.3 is 19.3 Å². The van der Waals surface area contributed by atoms with Crippen molar-refractivity contribution in [2.24, 2.45) is 0 Å². The van der Waals surface area contributed by atoms with E-state index in [4.69, 9.17) is 13.9 Å². The van der Waals surface area contributed by atoms with E-state index < -0.39 is 24.0 Å². The van der Waals surface area contributed by atoms with Crippen LogP contribution in [0.25, 0.3) is 21.9 Å². The zero-order valence-corrected chi connectivity index (χ0v) is 15.7. The molecule has 0 saturated carbocycles. The summed E-state index contributed by atoms with van der Waals surface area (Å²) in [6.07, 6.45) is 0.186. The minimum absolute atomic E-state index is 0.00938. The van der Waals surface area contributed by atoms with Crippen molar-refractivity contribution in [3.05, 3.63) is 44.5 Å². The zero-order chi connectivity index (χ0) is 19.9. The lowest BCUT2D eigenvalue weighted by Gasteiger charge is -2.10. The maximum absolute atomic E-state index is 12.5. The lowest BCUT2D eigenvalue weighted by atomic mass is 9.98. The second-order valence-corrected chi connectivity index (χ2v) is 6.70. The Bertz CT molecular complexity index is 1140. The molecule has 0 aliphatic heterocycles. The molecule has 1 amide bonds. The van der Waals surface area contributed by atoms with Crippen molar-refractivity contribution in [1.82, 2.24) is 5.32 Å². The Labute approximate surface area is 155 Å². The maximum atomic E-state index is 12.5. The van der Waals surface area contributed by atoms with Crippen LogP contribution in [-0.2, 0) is 16.0 Å². The van der Waals surface area contributed by atoms with E-state index in [1.165, 1.54) is 0 Å². The number of carboxylic acids is 1. The molecule has 0 aliphatic rings. The van der Waals surface area contributed by atoms with Gasteiger partial charge in [0.05, 0.1) is 0 Å². The summed E-state index contributed by atoms with van der Waals surface area (Å²) in [6, 6.07) is 1.95. The number of amides is 1. The van der Waals surface area contributed by atoms with Crippen molar-refractivity contribution in [1.29, 1.82) is 0 Å². The molecule has 0 radical (unpaired) electrons. The first-order chi connectivity index (χ1) is 12.7. The van der Waals surface area contributed by atoms with Gasteiger partial charge in [-0.25, -0.2) is 4.79 Å². The summed E-state index contributed by atoms with van der Waals surface area (Å²) >= 11 is 0. The Kier molecular flexibility index (Phi) is 4.78. The largest absolute Gasteiger partial charge is 0.480 e. The third-order valence-electron chi connectivity index (χ3n) is 4.98. The molecule has 0 bridgehead atoms. The highest BCUT2D eigenvalue weighted by molar-refractivity contribution is 6.00. The number of carbonyl (C=O) groups is 2. The Balaban J connectivity index is 2.04. The van der Waals surface area contributed by atoms with E-state index in [1.807, 2.05) is 33.8 Å². The van der Waals surface area contributed by atoms with Gasteiger partial charge in [-0.05, 0) is 51.3 Å². The van der Waals surface area contributed by atoms with Gasteiger partial charge in [0.15, 0.2) is 0 Å². The van der Waals surface area contributed by atoms with Gasteiger partial charge in [-0.2, -0.15) is 0 Å². The van der Waals surface area contributed by atoms with Crippen LogP contribution in [0.2, 0.25) is 0 Å². The molecule has 0 saturated heterocycles. The summed E-state index contributed by atoms with van der Waals surface area (Å²) in [5.74, 6) is -0.724. The SMILES string of the molecule is Cc1oc2c(C)c3oc(=O)c(CCC(=O)NCC(=O)O)c(C)c3cc2c1C. The quantitative estimate of drug-likeness (QED) is 0.667. The molecule has 142 valence electrons. The monoisotopic (exact) mass is 371 g/mol. The fourth-order valence-corrected chi connectivity index (χ4v) is 3.28. The molecule has 0 spiro atoms. The summed E-state index contributed by atoms with van der Waals surface area (Å²) in [7, 11) is 0. The highest BCUT2D eigenvalue weighted by Crippen LogP contribution is 2.34. The van der Waals surface area contributed by atoms with Crippen LogP contribution >= 0.6 is 0 Å². The third-order valence-corrected chi connectivity index (χ3v) is 4.98. The molecule has 3 rings (SSSR count). The van der Waals surface area contributed by atoms with Crippen LogP contribution in [0.1, 0.15) is 34.4 Å². The summed E-state index contributed by atoms with van der Waals surface area (Å²) < 4.78 is 11.4. The number of rotatable bonds is 5. The van der Waals surface area contributed by atoms with E-state index in [-0.39, 0.29) is 12.8 Å². The van der Waals surface area contributed by atoms with Gasteiger partial charge in [0, 0.05) is 28.3 Å². The molecule has 0 unspecified atom stereocenters. The van der Waals surface area contributed by atoms with Gasteiger partial charge >= 0.3 is 11.6 Å². The number of nitrogens with one attached hydrogen (secondary N) is 1. The Morgan fingerprint density at radius 2 is 1.63 bits per heavy atom. The minimum Gasteiger partial charge on any atom is -0.480 e. The molecule has 7 heteroatoms. The van der Waals surface area contributed by atoms with Crippen LogP contribution in [0.15, 0.2) is 19.7 Å². The lowest BCUT2D eigenvalue weighted by molar-refractivity contribution is -0.137. The average Bonchev–Trinajstić information content (AvgIpc) is 2.89. The van der Waals surface area contributed by atoms with Crippen molar-refractivity contribution in [3.63, 3.8) is 0 Å². The van der Waals surface area contributed by atoms with Crippen molar-refractivity contribution in [2.75, 3.05) is 6.54 Å². The summed E-state index contributed by atoms with van der Waals surface area (Å²) in [4.78, 5) is 34.7. The molecule has 27 heavy (non-hydrogen) atoms. The molecular weight excluding hydrogens is 350 g/mol. The summed E-state index contributed by atoms with van der Waals surface area (Å²) in [6.45, 7) is 7.12. The van der Waals surface area contributed by atoms with Crippen LogP contribution in [0.3, 0.4) is 0 Å². The van der Waals surface area contributed by atoms with Crippen molar-refractivity contribution >= 4 is 33.8 Å². The molecular formula is C20H21NO6. The van der Waals surface area contributed by atoms with Crippen LogP contribution in [0.4, 0.5) is 0 Å². The smallest absolute Gasteiger partial charge is 0.339 e. The van der Waals surface area contributed by atoms with E-state index in [1.54, 1.807) is 0 Å². The highest BCUT2D eigenvalue weighted by atomic mass is 16.4. The lowest BCUT2D eigenvalue weighted by Crippen LogP contribution is -2.29. The van der Waals surface area contributed by atoms with Crippen LogP contribution in [-0.4, -0.2) is 23.5 Å². The average molecular weight is 371 g/mol. The molecule has 0 atom stereocenters. The number of carbonyl (C=O) groups excluding carboxylic acids is 1. The maximum Gasteiger partial charge on any atom is 0.339 e. The highest BCUT2D eigenvalue weighted by Gasteiger charge is 2.19. The number of furan rings is 1. The molecule has 3 aromatic rings. The molecule has 0 fully saturated rings. The Morgan fingerprint density at radius 3 is 2.30 bits per heavy atom. The molecule has 2 N–H and O–H groups in total. The van der Waals surface area contributed by atoms with E-state index in [0.29, 0.717) is 16.7 Å². The predicted molar refractivity (Wildman–Crippen MR) is 100 cm³/mol. The zero-order valence-electron chi connectivity index (χ0n) is 15.7. The first kappa shape index (κ1) is 18.7. The fourth-order valence-electron chi connectivity index (χ4n) is 3.28. The number of fused-ring (bicyclic) bond motifs is 2. The predicted octanol–water partition coefficient (Wildman–Crippen LogP) is 2.91. The molecule has 2 heterocycles. The topological polar surface area (TPSA) is 110 Å². The number of benzene rings is 1. The van der Waals surface area contributed by atoms with Crippen molar-refractivity contribution in [2.45, 2.75) is 40.5 Å². The van der Waals surface area contributed by atoms with Gasteiger partial charge in [0.25, 0.3) is 0 Å². The molecule has 7 nitrogen and oxygen atoms in total. The van der Waals surface area contributed by atoms with Crippen LogP contribution in [0, 0.1) is 27.7 Å². The fraction of sp³-hybridized carbons (Fsp3) is 0.350. The van der Waals surface area contributed by atoms with Crippen LogP contribution in [0.5, 0.6) is 0 Å². The third kappa shape index (κ3) is 3.32. The molecule has 2 aromatic heterocycles. The summed E-state index contributed by atoms with van der Waals surface area (Å²) in [5.41, 5.74) is 3.69. The molecule has 1 aromatic carbocycles. The Morgan fingerprint density at radius 1 is 1.00 bits per heavy atom. The normalized spacial score (nSPS) is 11.3. The molecule has 0 aliphatic carbocycles. The van der Waals surface area contributed by atoms with E-state index in [0.717, 1.165) is 33.2 Å².